The predicted molar refractivity (Wildman–Crippen MR) is 62.2 cm³/mol. The van der Waals surface area contributed by atoms with E-state index >= 15 is 0 Å². The summed E-state index contributed by atoms with van der Waals surface area (Å²) < 4.78 is 25.9. The minimum absolute atomic E-state index is 0.0101. The third-order valence-electron chi connectivity index (χ3n) is 2.75. The third-order valence-corrected chi connectivity index (χ3v) is 4.22. The predicted octanol–water partition coefficient (Wildman–Crippen LogP) is 0.702. The lowest BCUT2D eigenvalue weighted by Gasteiger charge is -2.17. The average molecular weight is 234 g/mol. The summed E-state index contributed by atoms with van der Waals surface area (Å²) in [5.41, 5.74) is 0. The number of hydrogen-bond acceptors (Lipinski definition) is 3. The molecule has 0 heterocycles. The highest BCUT2D eigenvalue weighted by Crippen LogP contribution is 2.18. The van der Waals surface area contributed by atoms with Crippen LogP contribution in [-0.2, 0) is 10.0 Å². The topological polar surface area (TPSA) is 58.2 Å². The quantitative estimate of drug-likeness (QED) is 0.682. The van der Waals surface area contributed by atoms with Crippen LogP contribution in [0.2, 0.25) is 0 Å². The van der Waals surface area contributed by atoms with Gasteiger partial charge in [0.05, 0.1) is 5.75 Å². The maximum Gasteiger partial charge on any atom is 0.213 e. The Morgan fingerprint density at radius 2 is 1.87 bits per heavy atom. The Morgan fingerprint density at radius 3 is 2.33 bits per heavy atom. The van der Waals surface area contributed by atoms with Crippen LogP contribution in [0.4, 0.5) is 0 Å². The molecule has 1 aliphatic rings. The molecule has 0 bridgehead atoms. The van der Waals surface area contributed by atoms with Crippen molar-refractivity contribution in [3.63, 3.8) is 0 Å². The normalized spacial score (nSPS) is 19.5. The first-order valence-corrected chi connectivity index (χ1v) is 7.29. The molecule has 0 spiro atoms. The molecule has 1 atom stereocenters. The molecule has 0 amide bonds. The zero-order chi connectivity index (χ0) is 11.5. The molecule has 1 fully saturated rings. The molecule has 1 aliphatic carbocycles. The fourth-order valence-corrected chi connectivity index (χ4v) is 2.51. The van der Waals surface area contributed by atoms with Gasteiger partial charge in [0.25, 0.3) is 0 Å². The SMILES string of the molecule is CC(C)C(C)NS(=O)(=O)CCNC1CC1. The molecule has 0 aromatic rings. The summed E-state index contributed by atoms with van der Waals surface area (Å²) in [4.78, 5) is 0. The van der Waals surface area contributed by atoms with Crippen LogP contribution in [0.3, 0.4) is 0 Å². The van der Waals surface area contributed by atoms with Crippen LogP contribution < -0.4 is 10.0 Å². The molecule has 0 saturated heterocycles. The molecule has 2 N–H and O–H groups in total. The van der Waals surface area contributed by atoms with Crippen LogP contribution in [-0.4, -0.2) is 32.8 Å². The summed E-state index contributed by atoms with van der Waals surface area (Å²) in [6.07, 6.45) is 2.38. The second-order valence-electron chi connectivity index (χ2n) is 4.70. The first kappa shape index (κ1) is 12.9. The summed E-state index contributed by atoms with van der Waals surface area (Å²) >= 11 is 0. The van der Waals surface area contributed by atoms with E-state index in [0.29, 0.717) is 18.5 Å². The van der Waals surface area contributed by atoms with E-state index in [9.17, 15) is 8.42 Å². The molecule has 5 heteroatoms. The molecule has 0 aromatic heterocycles. The van der Waals surface area contributed by atoms with Crippen molar-refractivity contribution in [2.45, 2.75) is 45.7 Å². The van der Waals surface area contributed by atoms with Crippen LogP contribution in [0.25, 0.3) is 0 Å². The zero-order valence-electron chi connectivity index (χ0n) is 9.79. The van der Waals surface area contributed by atoms with E-state index < -0.39 is 10.0 Å². The molecular formula is C10H22N2O2S. The van der Waals surface area contributed by atoms with Crippen LogP contribution >= 0.6 is 0 Å². The Bertz CT molecular complexity index is 284. The second-order valence-corrected chi connectivity index (χ2v) is 6.57. The maximum atomic E-state index is 11.6. The highest BCUT2D eigenvalue weighted by atomic mass is 32.2. The third kappa shape index (κ3) is 5.49. The lowest BCUT2D eigenvalue weighted by Crippen LogP contribution is -2.40. The summed E-state index contributed by atoms with van der Waals surface area (Å²) in [5.74, 6) is 0.511. The lowest BCUT2D eigenvalue weighted by molar-refractivity contribution is 0.476. The minimum Gasteiger partial charge on any atom is -0.313 e. The highest BCUT2D eigenvalue weighted by Gasteiger charge is 2.22. The Balaban J connectivity index is 2.23. The van der Waals surface area contributed by atoms with Gasteiger partial charge in [0.1, 0.15) is 0 Å². The summed E-state index contributed by atoms with van der Waals surface area (Å²) in [7, 11) is -3.11. The second kappa shape index (κ2) is 5.27. The number of hydrogen-bond donors (Lipinski definition) is 2. The van der Waals surface area contributed by atoms with Gasteiger partial charge in [-0.1, -0.05) is 13.8 Å². The minimum atomic E-state index is -3.11. The average Bonchev–Trinajstić information content (AvgIpc) is 2.86. The van der Waals surface area contributed by atoms with Gasteiger partial charge in [-0.15, -0.1) is 0 Å². The molecule has 0 aliphatic heterocycles. The Morgan fingerprint density at radius 1 is 1.27 bits per heavy atom. The summed E-state index contributed by atoms with van der Waals surface area (Å²) in [5, 5.41) is 3.20. The van der Waals surface area contributed by atoms with Crippen molar-refractivity contribution in [1.82, 2.24) is 10.0 Å². The zero-order valence-corrected chi connectivity index (χ0v) is 10.6. The fraction of sp³-hybridized carbons (Fsp3) is 1.00. The van der Waals surface area contributed by atoms with Gasteiger partial charge < -0.3 is 5.32 Å². The van der Waals surface area contributed by atoms with Crippen LogP contribution in [0, 0.1) is 5.92 Å². The van der Waals surface area contributed by atoms with Crippen molar-refractivity contribution in [3.05, 3.63) is 0 Å². The van der Waals surface area contributed by atoms with Crippen molar-refractivity contribution < 1.29 is 8.42 Å². The summed E-state index contributed by atoms with van der Waals surface area (Å²) in [6.45, 7) is 6.48. The van der Waals surface area contributed by atoms with Gasteiger partial charge in [-0.25, -0.2) is 13.1 Å². The molecular weight excluding hydrogens is 212 g/mol. The van der Waals surface area contributed by atoms with Gasteiger partial charge in [0.2, 0.25) is 10.0 Å². The maximum absolute atomic E-state index is 11.6. The largest absolute Gasteiger partial charge is 0.313 e. The van der Waals surface area contributed by atoms with E-state index in [1.807, 2.05) is 20.8 Å². The van der Waals surface area contributed by atoms with Gasteiger partial charge in [0.15, 0.2) is 0 Å². The Kier molecular flexibility index (Phi) is 4.55. The number of rotatable bonds is 7. The van der Waals surface area contributed by atoms with Crippen molar-refractivity contribution >= 4 is 10.0 Å². The smallest absolute Gasteiger partial charge is 0.213 e. The fourth-order valence-electron chi connectivity index (χ4n) is 1.16. The highest BCUT2D eigenvalue weighted by molar-refractivity contribution is 7.89. The first-order chi connectivity index (χ1) is 6.91. The molecule has 1 unspecified atom stereocenters. The van der Waals surface area contributed by atoms with Crippen molar-refractivity contribution in [1.29, 1.82) is 0 Å². The van der Waals surface area contributed by atoms with Gasteiger partial charge in [-0.2, -0.15) is 0 Å². The van der Waals surface area contributed by atoms with E-state index in [0.717, 1.165) is 0 Å². The number of nitrogens with one attached hydrogen (secondary N) is 2. The molecule has 90 valence electrons. The van der Waals surface area contributed by atoms with Crippen molar-refractivity contribution in [2.75, 3.05) is 12.3 Å². The molecule has 0 radical (unpaired) electrons. The van der Waals surface area contributed by atoms with Gasteiger partial charge >= 0.3 is 0 Å². The Hall–Kier alpha value is -0.130. The number of sulfonamides is 1. The van der Waals surface area contributed by atoms with Crippen LogP contribution in [0.5, 0.6) is 0 Å². The first-order valence-electron chi connectivity index (χ1n) is 5.64. The van der Waals surface area contributed by atoms with Gasteiger partial charge in [-0.3, -0.25) is 0 Å². The Labute approximate surface area is 92.9 Å². The molecule has 1 saturated carbocycles. The molecule has 4 nitrogen and oxygen atoms in total. The van der Waals surface area contributed by atoms with E-state index in [1.54, 1.807) is 0 Å². The standard InChI is InChI=1S/C10H22N2O2S/c1-8(2)9(3)12-15(13,14)7-6-11-10-4-5-10/h8-12H,4-7H2,1-3H3. The van der Waals surface area contributed by atoms with Crippen LogP contribution in [0.1, 0.15) is 33.6 Å². The van der Waals surface area contributed by atoms with E-state index in [1.165, 1.54) is 12.8 Å². The van der Waals surface area contributed by atoms with Crippen LogP contribution in [0.15, 0.2) is 0 Å². The molecule has 1 rings (SSSR count). The van der Waals surface area contributed by atoms with E-state index in [-0.39, 0.29) is 11.8 Å². The van der Waals surface area contributed by atoms with E-state index in [2.05, 4.69) is 10.0 Å². The monoisotopic (exact) mass is 234 g/mol. The van der Waals surface area contributed by atoms with Crippen molar-refractivity contribution in [2.24, 2.45) is 5.92 Å². The van der Waals surface area contributed by atoms with Crippen molar-refractivity contribution in [3.8, 4) is 0 Å². The van der Waals surface area contributed by atoms with Gasteiger partial charge in [0, 0.05) is 18.6 Å². The molecule has 15 heavy (non-hydrogen) atoms. The molecule has 0 aromatic carbocycles. The van der Waals surface area contributed by atoms with Gasteiger partial charge in [-0.05, 0) is 25.7 Å². The lowest BCUT2D eigenvalue weighted by atomic mass is 10.1. The van der Waals surface area contributed by atoms with E-state index in [4.69, 9.17) is 0 Å². The summed E-state index contributed by atoms with van der Waals surface area (Å²) in [6, 6.07) is 0.582.